The molecule has 16 heavy (non-hydrogen) atoms. The molecule has 0 fully saturated rings. The van der Waals surface area contributed by atoms with Gasteiger partial charge in [-0.2, -0.15) is 0 Å². The van der Waals surface area contributed by atoms with Crippen LogP contribution in [0.15, 0.2) is 48.5 Å². The Bertz CT molecular complexity index is 451. The van der Waals surface area contributed by atoms with E-state index in [9.17, 15) is 0 Å². The smallest absolute Gasteiger partial charge is 0.0569 e. The van der Waals surface area contributed by atoms with Crippen LogP contribution in [0, 0.1) is 0 Å². The molecule has 2 N–H and O–H groups in total. The molecule has 2 rings (SSSR count). The molecule has 0 saturated heterocycles. The first-order valence-corrected chi connectivity index (χ1v) is 5.53. The van der Waals surface area contributed by atoms with Crippen molar-refractivity contribution in [3.8, 4) is 0 Å². The van der Waals surface area contributed by atoms with Gasteiger partial charge in [0.15, 0.2) is 0 Å². The first-order chi connectivity index (χ1) is 7.74. The number of rotatable bonds is 3. The maximum absolute atomic E-state index is 5.88. The van der Waals surface area contributed by atoms with Crippen LogP contribution in [0.5, 0.6) is 0 Å². The van der Waals surface area contributed by atoms with Gasteiger partial charge in [0.25, 0.3) is 0 Å². The summed E-state index contributed by atoms with van der Waals surface area (Å²) in [4.78, 5) is 0. The molecule has 0 aliphatic rings. The van der Waals surface area contributed by atoms with Crippen LogP contribution in [0.4, 0.5) is 11.4 Å². The first kappa shape index (κ1) is 11.1. The minimum Gasteiger partial charge on any atom is -0.301 e. The van der Waals surface area contributed by atoms with E-state index in [2.05, 4.69) is 10.9 Å². The summed E-state index contributed by atoms with van der Waals surface area (Å²) in [6, 6.07) is 15.1. The van der Waals surface area contributed by atoms with E-state index in [1.165, 1.54) is 0 Å². The van der Waals surface area contributed by atoms with Gasteiger partial charge >= 0.3 is 0 Å². The molecule has 0 spiro atoms. The van der Waals surface area contributed by atoms with E-state index in [4.69, 9.17) is 23.2 Å². The summed E-state index contributed by atoms with van der Waals surface area (Å²) in [5.74, 6) is 0. The summed E-state index contributed by atoms with van der Waals surface area (Å²) >= 11 is 11.8. The fraction of sp³-hybridized carbons (Fsp3) is 0. The number of hydrazine groups is 1. The fourth-order valence-electron chi connectivity index (χ4n) is 1.29. The summed E-state index contributed by atoms with van der Waals surface area (Å²) in [6.07, 6.45) is 0. The van der Waals surface area contributed by atoms with Crippen LogP contribution in [-0.2, 0) is 0 Å². The van der Waals surface area contributed by atoms with Crippen molar-refractivity contribution in [3.63, 3.8) is 0 Å². The fourth-order valence-corrected chi connectivity index (χ4v) is 1.82. The SMILES string of the molecule is Clc1cc(Cl)cc(NNc2ccccc2)c1. The molecule has 0 heterocycles. The van der Waals surface area contributed by atoms with Crippen LogP contribution in [0.25, 0.3) is 0 Å². The minimum atomic E-state index is 0.602. The molecular weight excluding hydrogens is 243 g/mol. The van der Waals surface area contributed by atoms with Crippen molar-refractivity contribution in [1.82, 2.24) is 0 Å². The average molecular weight is 253 g/mol. The Kier molecular flexibility index (Phi) is 3.54. The lowest BCUT2D eigenvalue weighted by Crippen LogP contribution is -2.08. The van der Waals surface area contributed by atoms with E-state index in [0.29, 0.717) is 10.0 Å². The molecule has 2 aromatic rings. The van der Waals surface area contributed by atoms with Crippen molar-refractivity contribution >= 4 is 34.6 Å². The zero-order chi connectivity index (χ0) is 11.4. The second-order valence-electron chi connectivity index (χ2n) is 3.27. The predicted octanol–water partition coefficient (Wildman–Crippen LogP) is 4.43. The third-order valence-corrected chi connectivity index (χ3v) is 2.42. The maximum atomic E-state index is 5.88. The zero-order valence-corrected chi connectivity index (χ0v) is 9.89. The Morgan fingerprint density at radius 3 is 1.88 bits per heavy atom. The Balaban J connectivity index is 2.05. The normalized spacial score (nSPS) is 9.88. The van der Waals surface area contributed by atoms with Gasteiger partial charge in [-0.25, -0.2) is 0 Å². The Hall–Kier alpha value is -1.38. The molecule has 0 unspecified atom stereocenters. The zero-order valence-electron chi connectivity index (χ0n) is 8.37. The van der Waals surface area contributed by atoms with Gasteiger partial charge in [-0.3, -0.25) is 0 Å². The third kappa shape index (κ3) is 3.05. The van der Waals surface area contributed by atoms with Crippen LogP contribution in [0.1, 0.15) is 0 Å². The Morgan fingerprint density at radius 1 is 0.688 bits per heavy atom. The van der Waals surface area contributed by atoms with Crippen molar-refractivity contribution in [2.75, 3.05) is 10.9 Å². The number of para-hydroxylation sites is 1. The Morgan fingerprint density at radius 2 is 1.25 bits per heavy atom. The summed E-state index contributed by atoms with van der Waals surface area (Å²) in [5.41, 5.74) is 7.86. The summed E-state index contributed by atoms with van der Waals surface area (Å²) < 4.78 is 0. The standard InChI is InChI=1S/C12H10Cl2N2/c13-9-6-10(14)8-12(7-9)16-15-11-4-2-1-3-5-11/h1-8,15-16H. The monoisotopic (exact) mass is 252 g/mol. The molecule has 0 aliphatic carbocycles. The van der Waals surface area contributed by atoms with Gasteiger partial charge in [-0.1, -0.05) is 41.4 Å². The average Bonchev–Trinajstić information content (AvgIpc) is 2.27. The minimum absolute atomic E-state index is 0.602. The van der Waals surface area contributed by atoms with Crippen molar-refractivity contribution in [2.45, 2.75) is 0 Å². The summed E-state index contributed by atoms with van der Waals surface area (Å²) in [5, 5.41) is 1.20. The van der Waals surface area contributed by atoms with Crippen LogP contribution in [-0.4, -0.2) is 0 Å². The van der Waals surface area contributed by atoms with E-state index in [1.807, 2.05) is 30.3 Å². The van der Waals surface area contributed by atoms with Gasteiger partial charge in [0.1, 0.15) is 0 Å². The van der Waals surface area contributed by atoms with E-state index in [1.54, 1.807) is 18.2 Å². The molecule has 0 bridgehead atoms. The molecule has 2 nitrogen and oxygen atoms in total. The number of anilines is 2. The second-order valence-corrected chi connectivity index (χ2v) is 4.15. The molecular formula is C12H10Cl2N2. The van der Waals surface area contributed by atoms with Crippen molar-refractivity contribution in [3.05, 3.63) is 58.6 Å². The van der Waals surface area contributed by atoms with Gasteiger partial charge in [-0.15, -0.1) is 0 Å². The lowest BCUT2D eigenvalue weighted by atomic mass is 10.3. The molecule has 0 radical (unpaired) electrons. The van der Waals surface area contributed by atoms with Crippen LogP contribution >= 0.6 is 23.2 Å². The van der Waals surface area contributed by atoms with Crippen LogP contribution < -0.4 is 10.9 Å². The highest BCUT2D eigenvalue weighted by Crippen LogP contribution is 2.22. The topological polar surface area (TPSA) is 24.1 Å². The van der Waals surface area contributed by atoms with Gasteiger partial charge in [-0.05, 0) is 30.3 Å². The van der Waals surface area contributed by atoms with E-state index >= 15 is 0 Å². The summed E-state index contributed by atoms with van der Waals surface area (Å²) in [7, 11) is 0. The molecule has 2 aromatic carbocycles. The molecule has 0 atom stereocenters. The van der Waals surface area contributed by atoms with Gasteiger partial charge in [0, 0.05) is 10.0 Å². The molecule has 82 valence electrons. The highest BCUT2D eigenvalue weighted by atomic mass is 35.5. The lowest BCUT2D eigenvalue weighted by Gasteiger charge is -2.10. The quantitative estimate of drug-likeness (QED) is 0.790. The maximum Gasteiger partial charge on any atom is 0.0569 e. The van der Waals surface area contributed by atoms with E-state index in [0.717, 1.165) is 11.4 Å². The van der Waals surface area contributed by atoms with E-state index < -0.39 is 0 Å². The molecule has 4 heteroatoms. The summed E-state index contributed by atoms with van der Waals surface area (Å²) in [6.45, 7) is 0. The third-order valence-electron chi connectivity index (χ3n) is 1.99. The highest BCUT2D eigenvalue weighted by molar-refractivity contribution is 6.35. The van der Waals surface area contributed by atoms with Crippen LogP contribution in [0.3, 0.4) is 0 Å². The number of benzene rings is 2. The lowest BCUT2D eigenvalue weighted by molar-refractivity contribution is 1.41. The largest absolute Gasteiger partial charge is 0.301 e. The number of nitrogens with one attached hydrogen (secondary N) is 2. The number of hydrogen-bond donors (Lipinski definition) is 2. The highest BCUT2D eigenvalue weighted by Gasteiger charge is 1.97. The van der Waals surface area contributed by atoms with Gasteiger partial charge < -0.3 is 10.9 Å². The second kappa shape index (κ2) is 5.10. The predicted molar refractivity (Wildman–Crippen MR) is 70.1 cm³/mol. The molecule has 0 aromatic heterocycles. The number of hydrogen-bond acceptors (Lipinski definition) is 2. The molecule has 0 aliphatic heterocycles. The molecule has 0 saturated carbocycles. The van der Waals surface area contributed by atoms with Crippen molar-refractivity contribution < 1.29 is 0 Å². The van der Waals surface area contributed by atoms with Crippen molar-refractivity contribution in [1.29, 1.82) is 0 Å². The van der Waals surface area contributed by atoms with Crippen LogP contribution in [0.2, 0.25) is 10.0 Å². The van der Waals surface area contributed by atoms with Gasteiger partial charge in [0.2, 0.25) is 0 Å². The van der Waals surface area contributed by atoms with E-state index in [-0.39, 0.29) is 0 Å². The first-order valence-electron chi connectivity index (χ1n) is 4.77. The Labute approximate surface area is 104 Å². The number of halogens is 2. The molecule has 0 amide bonds. The van der Waals surface area contributed by atoms with Crippen molar-refractivity contribution in [2.24, 2.45) is 0 Å². The van der Waals surface area contributed by atoms with Gasteiger partial charge in [0.05, 0.1) is 11.4 Å².